The third kappa shape index (κ3) is 17.0. The normalized spacial score (nSPS) is 11.9. The van der Waals surface area contributed by atoms with E-state index in [2.05, 4.69) is 15.9 Å². The van der Waals surface area contributed by atoms with Crippen LogP contribution >= 0.6 is 39.1 Å². The van der Waals surface area contributed by atoms with Crippen LogP contribution in [0.4, 0.5) is 18.9 Å². The molecule has 0 bridgehead atoms. The predicted octanol–water partition coefficient (Wildman–Crippen LogP) is 11.4. The summed E-state index contributed by atoms with van der Waals surface area (Å²) < 4.78 is 40.7. The van der Waals surface area contributed by atoms with Gasteiger partial charge in [0, 0.05) is 53.8 Å². The lowest BCUT2D eigenvalue weighted by atomic mass is 9.81. The number of carbonyl (C=O) groups is 5. The van der Waals surface area contributed by atoms with Crippen LogP contribution in [-0.2, 0) is 6.42 Å². The first-order chi connectivity index (χ1) is 38.6. The maximum Gasteiger partial charge on any atom is 0.488 e. The summed E-state index contributed by atoms with van der Waals surface area (Å²) in [5.74, 6) is -5.83. The van der Waals surface area contributed by atoms with Gasteiger partial charge in [-0.3, -0.25) is 14.4 Å². The largest absolute Gasteiger partial charge is 0.506 e. The van der Waals surface area contributed by atoms with E-state index in [1.165, 1.54) is 60.7 Å². The highest BCUT2D eigenvalue weighted by Crippen LogP contribution is 2.34. The summed E-state index contributed by atoms with van der Waals surface area (Å²) in [6.07, 6.45) is 1.70. The van der Waals surface area contributed by atoms with Crippen LogP contribution in [0.5, 0.6) is 11.5 Å². The van der Waals surface area contributed by atoms with Gasteiger partial charge in [0.15, 0.2) is 11.5 Å². The number of halogens is 6. The van der Waals surface area contributed by atoms with E-state index in [0.717, 1.165) is 43.1 Å². The Kier molecular flexibility index (Phi) is 22.2. The molecule has 10 rings (SSSR count). The van der Waals surface area contributed by atoms with Crippen molar-refractivity contribution < 1.29 is 67.6 Å². The molecule has 0 unspecified atom stereocenters. The number of rotatable bonds is 10. The number of carbonyl (C=O) groups excluding carboxylic acids is 3. The van der Waals surface area contributed by atoms with Crippen LogP contribution in [0, 0.1) is 17.5 Å². The van der Waals surface area contributed by atoms with Crippen molar-refractivity contribution in [3.63, 3.8) is 0 Å². The second-order valence-electron chi connectivity index (χ2n) is 17.9. The van der Waals surface area contributed by atoms with Gasteiger partial charge in [-0.2, -0.15) is 0 Å². The van der Waals surface area contributed by atoms with Crippen molar-refractivity contribution in [2.45, 2.75) is 19.3 Å². The predicted molar refractivity (Wildman–Crippen MR) is 308 cm³/mol. The summed E-state index contributed by atoms with van der Waals surface area (Å²) >= 11 is 14.9. The van der Waals surface area contributed by atoms with Crippen LogP contribution in [-0.4, -0.2) is 103 Å². The average Bonchev–Trinajstić information content (AvgIpc) is 3.42. The third-order valence-corrected chi connectivity index (χ3v) is 13.4. The zero-order valence-electron chi connectivity index (χ0n) is 42.7. The van der Waals surface area contributed by atoms with Gasteiger partial charge in [-0.15, -0.1) is 0 Å². The zero-order valence-corrected chi connectivity index (χ0v) is 45.8. The summed E-state index contributed by atoms with van der Waals surface area (Å²) in [6, 6.07) is 45.2. The Balaban J connectivity index is 0.000000176. The van der Waals surface area contributed by atoms with E-state index in [0.29, 0.717) is 45.3 Å². The van der Waals surface area contributed by atoms with Crippen LogP contribution in [0.1, 0.15) is 70.2 Å². The van der Waals surface area contributed by atoms with Crippen LogP contribution < -0.4 is 11.2 Å². The fourth-order valence-electron chi connectivity index (χ4n) is 7.67. The number of benzene rings is 8. The molecule has 14 nitrogen and oxygen atoms in total. The van der Waals surface area contributed by atoms with Gasteiger partial charge in [0.2, 0.25) is 0 Å². The molecule has 8 N–H and O–H groups in total. The van der Waals surface area contributed by atoms with Crippen molar-refractivity contribution in [2.24, 2.45) is 0 Å². The Labute approximate surface area is 482 Å². The minimum Gasteiger partial charge on any atom is -0.506 e. The highest BCUT2D eigenvalue weighted by molar-refractivity contribution is 9.10. The number of anilines is 1. The van der Waals surface area contributed by atoms with E-state index in [1.54, 1.807) is 46.2 Å². The third-order valence-electron chi connectivity index (χ3n) is 12.3. The van der Waals surface area contributed by atoms with Gasteiger partial charge in [-0.05, 0) is 107 Å². The molecule has 0 saturated carbocycles. The first-order valence-electron chi connectivity index (χ1n) is 24.6. The van der Waals surface area contributed by atoms with Gasteiger partial charge in [-0.1, -0.05) is 142 Å². The minimum absolute atomic E-state index is 0.0114. The summed E-state index contributed by atoms with van der Waals surface area (Å²) in [5, 5.41) is 54.1. The number of likely N-dealkylation sites (tertiary alicyclic amines) is 2. The molecule has 416 valence electrons. The SMILES string of the molecule is Nc1cc(C(=O)N2CCC2)cc(Cl)c1O.O=C(Cc1cc(C(=O)N2CCC2)cc(Cl)c1O)c1cc(-c2ccccc2)ccc1F.O=C(O)c1cc(-c2ccccc2)ccc1F.O=C(O)c1cc(Br)ccc1F.OB(O)c1ccccc1. The van der Waals surface area contributed by atoms with Crippen molar-refractivity contribution >= 4 is 86.9 Å². The second-order valence-corrected chi connectivity index (χ2v) is 19.6. The number of nitrogens with zero attached hydrogens (tertiary/aromatic N) is 2. The number of nitrogen functional groups attached to an aromatic ring is 1. The molecule has 0 aromatic heterocycles. The summed E-state index contributed by atoms with van der Waals surface area (Å²) in [7, 11) is -1.34. The standard InChI is InChI=1S/C24H19ClFNO3.C13H9FO2.C10H11ClN2O2.C7H4BrFO2.C6H7BO2/c25-20-13-18(24(30)27-9-4-10-27)11-17(23(20)29)14-22(28)19-12-16(7-8-21(19)26)15-5-2-1-3-6-15;14-12-7-6-10(8-11(12)13(15)16)9-4-2-1-3-5-9;11-7-4-6(5-8(12)9(7)14)10(15)13-2-1-3-13;8-4-1-2-6(9)5(3-4)7(10)11;8-7(9)6-4-2-1-3-5-6/h1-3,5-8,11-13,29H,4,9-10,14H2;1-8H,(H,15,16);4-5,14H,1-3,12H2;1-3H,(H,10,11);1-5,8-9H. The lowest BCUT2D eigenvalue weighted by molar-refractivity contribution is 0.0644. The van der Waals surface area contributed by atoms with Crippen molar-refractivity contribution in [1.29, 1.82) is 0 Å². The highest BCUT2D eigenvalue weighted by atomic mass is 79.9. The molecule has 0 atom stereocenters. The number of hydrogen-bond donors (Lipinski definition) is 7. The number of nitrogens with two attached hydrogens (primary N) is 1. The fraction of sp³-hybridized carbons (Fsp3) is 0.117. The van der Waals surface area contributed by atoms with Crippen molar-refractivity contribution in [3.8, 4) is 33.8 Å². The Morgan fingerprint density at radius 2 is 0.926 bits per heavy atom. The Morgan fingerprint density at radius 1 is 0.519 bits per heavy atom. The monoisotopic (exact) mass is 1210 g/mol. The van der Waals surface area contributed by atoms with Gasteiger partial charge >= 0.3 is 19.1 Å². The van der Waals surface area contributed by atoms with Gasteiger partial charge in [0.05, 0.1) is 32.4 Å². The van der Waals surface area contributed by atoms with Crippen molar-refractivity contribution in [1.82, 2.24) is 9.80 Å². The van der Waals surface area contributed by atoms with Crippen LogP contribution in [0.3, 0.4) is 0 Å². The van der Waals surface area contributed by atoms with E-state index in [4.69, 9.17) is 49.2 Å². The number of aromatic carboxylic acids is 2. The summed E-state index contributed by atoms with van der Waals surface area (Å²) in [4.78, 5) is 61.6. The van der Waals surface area contributed by atoms with Crippen LogP contribution in [0.2, 0.25) is 10.0 Å². The molecule has 8 aromatic carbocycles. The number of phenolic OH excluding ortho intramolecular Hbond substituents is 2. The molecular weight excluding hydrogens is 1160 g/mol. The minimum atomic E-state index is -1.34. The quantitative estimate of drug-likeness (QED) is 0.0293. The maximum absolute atomic E-state index is 14.4. The molecule has 2 fully saturated rings. The molecular formula is C60H50BBrCl2F3N3O11. The van der Waals surface area contributed by atoms with Gasteiger partial charge in [0.25, 0.3) is 11.8 Å². The van der Waals surface area contributed by atoms with Crippen LogP contribution in [0.25, 0.3) is 22.3 Å². The van der Waals surface area contributed by atoms with Gasteiger partial charge in [-0.25, -0.2) is 22.8 Å². The van der Waals surface area contributed by atoms with E-state index >= 15 is 0 Å². The lowest BCUT2D eigenvalue weighted by Gasteiger charge is -2.31. The molecule has 2 amide bonds. The molecule has 21 heteroatoms. The Hall–Kier alpha value is -8.46. The number of ketones is 1. The number of amides is 2. The topological polar surface area (TPSA) is 239 Å². The number of hydrogen-bond acceptors (Lipinski definition) is 10. The van der Waals surface area contributed by atoms with E-state index < -0.39 is 42.3 Å². The van der Waals surface area contributed by atoms with Gasteiger partial charge < -0.3 is 46.0 Å². The smallest absolute Gasteiger partial charge is 0.488 e. The Bertz CT molecular complexity index is 3520. The lowest BCUT2D eigenvalue weighted by Crippen LogP contribution is -2.42. The second kappa shape index (κ2) is 29.1. The van der Waals surface area contributed by atoms with Crippen molar-refractivity contribution in [3.05, 3.63) is 235 Å². The van der Waals surface area contributed by atoms with E-state index in [1.807, 2.05) is 66.7 Å². The molecule has 2 aliphatic heterocycles. The zero-order chi connectivity index (χ0) is 58.9. The number of phenols is 2. The molecule has 0 spiro atoms. The molecule has 0 aliphatic carbocycles. The average molecular weight is 1210 g/mol. The maximum atomic E-state index is 14.4. The van der Waals surface area contributed by atoms with Gasteiger partial charge in [0.1, 0.15) is 23.2 Å². The van der Waals surface area contributed by atoms with E-state index in [-0.39, 0.29) is 67.7 Å². The molecule has 2 aliphatic rings. The number of carboxylic acid groups (broad SMARTS) is 2. The van der Waals surface area contributed by atoms with Crippen molar-refractivity contribution in [2.75, 3.05) is 31.9 Å². The van der Waals surface area contributed by atoms with E-state index in [9.17, 15) is 47.4 Å². The molecule has 0 radical (unpaired) electrons. The first kappa shape index (κ1) is 61.8. The highest BCUT2D eigenvalue weighted by Gasteiger charge is 2.26. The molecule has 81 heavy (non-hydrogen) atoms. The number of aromatic hydroxyl groups is 2. The summed E-state index contributed by atoms with van der Waals surface area (Å²) in [5.41, 5.74) is 9.53. The number of Topliss-reactive ketones (excluding diaryl/α,β-unsaturated/α-hetero) is 1. The molecule has 2 saturated heterocycles. The molecule has 2 heterocycles. The Morgan fingerprint density at radius 3 is 1.33 bits per heavy atom. The first-order valence-corrected chi connectivity index (χ1v) is 26.1. The number of carboxylic acids is 2. The summed E-state index contributed by atoms with van der Waals surface area (Å²) in [6.45, 7) is 2.89. The van der Waals surface area contributed by atoms with Crippen LogP contribution in [0.15, 0.2) is 174 Å². The fourth-order valence-corrected chi connectivity index (χ4v) is 8.49. The molecule has 8 aromatic rings.